The molecule has 3 amide bonds. The van der Waals surface area contributed by atoms with Crippen molar-refractivity contribution in [2.24, 2.45) is 0 Å². The summed E-state index contributed by atoms with van der Waals surface area (Å²) in [6.07, 6.45) is 0. The molecule has 0 spiro atoms. The molecule has 0 saturated carbocycles. The zero-order valence-corrected chi connectivity index (χ0v) is 21.2. The summed E-state index contributed by atoms with van der Waals surface area (Å²) in [5.41, 5.74) is 1.63. The van der Waals surface area contributed by atoms with E-state index in [0.29, 0.717) is 22.7 Å². The normalized spacial score (nSPS) is 13.1. The molecule has 0 aliphatic carbocycles. The molecule has 38 heavy (non-hydrogen) atoms. The summed E-state index contributed by atoms with van der Waals surface area (Å²) in [6, 6.07) is 29.3. The first-order chi connectivity index (χ1) is 18.4. The molecule has 1 aliphatic heterocycles. The van der Waals surface area contributed by atoms with Gasteiger partial charge in [0, 0.05) is 16.9 Å². The van der Waals surface area contributed by atoms with Gasteiger partial charge in [-0.15, -0.1) is 0 Å². The fraction of sp³-hybridized carbons (Fsp3) is 0. The minimum Gasteiger partial charge on any atom is -0.457 e. The van der Waals surface area contributed by atoms with Crippen LogP contribution in [0.2, 0.25) is 5.02 Å². The molecule has 0 aromatic heterocycles. The highest BCUT2D eigenvalue weighted by atomic mass is 35.5. The molecule has 0 saturated heterocycles. The first-order valence-corrected chi connectivity index (χ1v) is 12.2. The van der Waals surface area contributed by atoms with Crippen LogP contribution >= 0.6 is 23.2 Å². The SMILES string of the molecule is O=C(Nc1ccc(Oc2ccccc2)cc1)c1ccc(NC2=C(Cl)C(=O)N(c3ccccc3Cl)C2=O)cc1. The molecule has 7 nitrogen and oxygen atoms in total. The van der Waals surface area contributed by atoms with Crippen molar-refractivity contribution in [3.8, 4) is 11.5 Å². The second-order valence-electron chi connectivity index (χ2n) is 8.18. The number of nitrogens with zero attached hydrogens (tertiary/aromatic N) is 1. The number of amides is 3. The van der Waals surface area contributed by atoms with E-state index in [9.17, 15) is 14.4 Å². The van der Waals surface area contributed by atoms with Gasteiger partial charge >= 0.3 is 0 Å². The number of benzene rings is 4. The molecule has 1 heterocycles. The van der Waals surface area contributed by atoms with E-state index in [1.54, 1.807) is 72.8 Å². The van der Waals surface area contributed by atoms with Crippen molar-refractivity contribution in [2.45, 2.75) is 0 Å². The Bertz CT molecular complexity index is 1550. The topological polar surface area (TPSA) is 87.7 Å². The van der Waals surface area contributed by atoms with Crippen molar-refractivity contribution in [3.05, 3.63) is 124 Å². The Balaban J connectivity index is 1.23. The quantitative estimate of drug-likeness (QED) is 0.249. The summed E-state index contributed by atoms with van der Waals surface area (Å²) in [6.45, 7) is 0. The van der Waals surface area contributed by atoms with Crippen LogP contribution in [0.3, 0.4) is 0 Å². The molecule has 0 atom stereocenters. The Morgan fingerprint density at radius 3 is 1.97 bits per heavy atom. The van der Waals surface area contributed by atoms with Gasteiger partial charge in [-0.2, -0.15) is 0 Å². The molecule has 0 radical (unpaired) electrons. The zero-order valence-electron chi connectivity index (χ0n) is 19.7. The third-order valence-corrected chi connectivity index (χ3v) is 6.30. The van der Waals surface area contributed by atoms with Gasteiger partial charge in [0.2, 0.25) is 0 Å². The highest BCUT2D eigenvalue weighted by molar-refractivity contribution is 6.53. The van der Waals surface area contributed by atoms with Gasteiger partial charge in [0.15, 0.2) is 0 Å². The van der Waals surface area contributed by atoms with Crippen molar-refractivity contribution >= 4 is 58.0 Å². The Hall–Kier alpha value is -4.59. The van der Waals surface area contributed by atoms with Gasteiger partial charge in [0.25, 0.3) is 17.7 Å². The van der Waals surface area contributed by atoms with Crippen LogP contribution in [-0.2, 0) is 9.59 Å². The van der Waals surface area contributed by atoms with Gasteiger partial charge in [0.1, 0.15) is 22.2 Å². The second-order valence-corrected chi connectivity index (χ2v) is 8.97. The number of anilines is 3. The number of carbonyl (C=O) groups excluding carboxylic acids is 3. The largest absolute Gasteiger partial charge is 0.457 e. The molecule has 9 heteroatoms. The van der Waals surface area contributed by atoms with E-state index in [0.717, 1.165) is 10.6 Å². The third-order valence-electron chi connectivity index (χ3n) is 5.63. The van der Waals surface area contributed by atoms with E-state index in [1.807, 2.05) is 30.3 Å². The molecule has 0 fully saturated rings. The molecule has 0 bridgehead atoms. The predicted molar refractivity (Wildman–Crippen MR) is 148 cm³/mol. The number of para-hydroxylation sites is 2. The van der Waals surface area contributed by atoms with Crippen LogP contribution in [0.1, 0.15) is 10.4 Å². The lowest BCUT2D eigenvalue weighted by Crippen LogP contribution is -2.32. The first kappa shape index (κ1) is 25.1. The number of imide groups is 1. The Labute approximate surface area is 228 Å². The summed E-state index contributed by atoms with van der Waals surface area (Å²) < 4.78 is 5.76. The fourth-order valence-corrected chi connectivity index (χ4v) is 4.18. The van der Waals surface area contributed by atoms with Crippen molar-refractivity contribution < 1.29 is 19.1 Å². The molecular formula is C29H19Cl2N3O4. The number of hydrogen-bond donors (Lipinski definition) is 2. The molecule has 5 rings (SSSR count). The molecule has 1 aliphatic rings. The maximum absolute atomic E-state index is 13.0. The van der Waals surface area contributed by atoms with Crippen LogP contribution in [0.25, 0.3) is 0 Å². The van der Waals surface area contributed by atoms with Crippen LogP contribution in [0.15, 0.2) is 114 Å². The summed E-state index contributed by atoms with van der Waals surface area (Å²) in [5, 5.41) is 5.70. The Morgan fingerprint density at radius 2 is 1.29 bits per heavy atom. The van der Waals surface area contributed by atoms with Crippen LogP contribution < -0.4 is 20.3 Å². The van der Waals surface area contributed by atoms with Gasteiger partial charge in [0.05, 0.1) is 10.7 Å². The maximum Gasteiger partial charge on any atom is 0.283 e. The number of ether oxygens (including phenoxy) is 1. The summed E-state index contributed by atoms with van der Waals surface area (Å²) in [5.74, 6) is -0.262. The average molecular weight is 544 g/mol. The summed E-state index contributed by atoms with van der Waals surface area (Å²) in [4.78, 5) is 39.2. The van der Waals surface area contributed by atoms with E-state index in [1.165, 1.54) is 0 Å². The summed E-state index contributed by atoms with van der Waals surface area (Å²) in [7, 11) is 0. The lowest BCUT2D eigenvalue weighted by molar-refractivity contribution is -0.120. The number of halogens is 2. The van der Waals surface area contributed by atoms with Crippen LogP contribution in [-0.4, -0.2) is 17.7 Å². The number of rotatable bonds is 7. The standard InChI is InChI=1S/C29H19Cl2N3O4/c30-23-8-4-5-9-24(23)34-28(36)25(31)26(29(34)37)32-19-12-10-18(11-13-19)27(35)33-20-14-16-22(17-15-20)38-21-6-2-1-3-7-21/h1-17,32H,(H,33,35). The molecule has 188 valence electrons. The van der Waals surface area contributed by atoms with Crippen molar-refractivity contribution in [1.82, 2.24) is 0 Å². The van der Waals surface area contributed by atoms with Crippen molar-refractivity contribution in [3.63, 3.8) is 0 Å². The summed E-state index contributed by atoms with van der Waals surface area (Å²) >= 11 is 12.4. The lowest BCUT2D eigenvalue weighted by Gasteiger charge is -2.16. The van der Waals surface area contributed by atoms with E-state index in [-0.39, 0.29) is 27.3 Å². The van der Waals surface area contributed by atoms with E-state index in [2.05, 4.69) is 10.6 Å². The smallest absolute Gasteiger partial charge is 0.283 e. The van der Waals surface area contributed by atoms with E-state index >= 15 is 0 Å². The van der Waals surface area contributed by atoms with Gasteiger partial charge in [-0.25, -0.2) is 4.90 Å². The minimum absolute atomic E-state index is 0.0772. The van der Waals surface area contributed by atoms with Crippen LogP contribution in [0.4, 0.5) is 17.1 Å². The number of carbonyl (C=O) groups is 3. The predicted octanol–water partition coefficient (Wildman–Crippen LogP) is 6.82. The molecular weight excluding hydrogens is 525 g/mol. The van der Waals surface area contributed by atoms with Crippen molar-refractivity contribution in [1.29, 1.82) is 0 Å². The Morgan fingerprint density at radius 1 is 0.684 bits per heavy atom. The third kappa shape index (κ3) is 5.25. The molecule has 0 unspecified atom stereocenters. The van der Waals surface area contributed by atoms with E-state index in [4.69, 9.17) is 27.9 Å². The van der Waals surface area contributed by atoms with Gasteiger partial charge in [-0.05, 0) is 72.8 Å². The molecule has 4 aromatic carbocycles. The zero-order chi connectivity index (χ0) is 26.6. The number of nitrogens with one attached hydrogen (secondary N) is 2. The molecule has 2 N–H and O–H groups in total. The van der Waals surface area contributed by atoms with Crippen LogP contribution in [0, 0.1) is 0 Å². The number of hydrogen-bond acceptors (Lipinski definition) is 5. The highest BCUT2D eigenvalue weighted by Gasteiger charge is 2.39. The fourth-order valence-electron chi connectivity index (χ4n) is 3.75. The monoisotopic (exact) mass is 543 g/mol. The highest BCUT2D eigenvalue weighted by Crippen LogP contribution is 2.34. The maximum atomic E-state index is 13.0. The van der Waals surface area contributed by atoms with Crippen LogP contribution in [0.5, 0.6) is 11.5 Å². The second kappa shape index (κ2) is 10.8. The molecule has 4 aromatic rings. The average Bonchev–Trinajstić information content (AvgIpc) is 3.14. The minimum atomic E-state index is -0.677. The Kier molecular flexibility index (Phi) is 7.13. The van der Waals surface area contributed by atoms with Gasteiger partial charge in [-0.1, -0.05) is 53.5 Å². The van der Waals surface area contributed by atoms with Crippen molar-refractivity contribution in [2.75, 3.05) is 15.5 Å². The first-order valence-electron chi connectivity index (χ1n) is 11.5. The van der Waals surface area contributed by atoms with Gasteiger partial charge < -0.3 is 15.4 Å². The van der Waals surface area contributed by atoms with Gasteiger partial charge in [-0.3, -0.25) is 14.4 Å². The lowest BCUT2D eigenvalue weighted by atomic mass is 10.2. The van der Waals surface area contributed by atoms with E-state index < -0.39 is 11.8 Å².